The van der Waals surface area contributed by atoms with Crippen LogP contribution in [0.15, 0.2) is 39.7 Å². The van der Waals surface area contributed by atoms with Crippen LogP contribution < -0.4 is 0 Å². The molecule has 4 nitrogen and oxygen atoms in total. The van der Waals surface area contributed by atoms with E-state index in [1.807, 2.05) is 0 Å². The van der Waals surface area contributed by atoms with Gasteiger partial charge in [0.15, 0.2) is 0 Å². The summed E-state index contributed by atoms with van der Waals surface area (Å²) in [6.07, 6.45) is 1.54. The molecule has 0 radical (unpaired) electrons. The Balaban J connectivity index is 1.93. The fraction of sp³-hybridized carbons (Fsp3) is 0.0667. The van der Waals surface area contributed by atoms with Crippen LogP contribution in [0, 0.1) is 0 Å². The molecule has 0 spiro atoms. The van der Waals surface area contributed by atoms with Gasteiger partial charge in [0.2, 0.25) is 0 Å². The molecule has 2 amide bonds. The summed E-state index contributed by atoms with van der Waals surface area (Å²) < 4.78 is 5.67. The molecule has 1 fully saturated rings. The van der Waals surface area contributed by atoms with Gasteiger partial charge in [-0.3, -0.25) is 14.5 Å². The van der Waals surface area contributed by atoms with Gasteiger partial charge in [-0.15, -0.1) is 0 Å². The molecular formula is C15H9Cl2NO3S. The van der Waals surface area contributed by atoms with Gasteiger partial charge in [-0.25, -0.2) is 0 Å². The van der Waals surface area contributed by atoms with E-state index in [-0.39, 0.29) is 11.1 Å². The summed E-state index contributed by atoms with van der Waals surface area (Å²) in [5, 5.41) is 0.754. The molecule has 112 valence electrons. The van der Waals surface area contributed by atoms with Crippen LogP contribution in [-0.4, -0.2) is 23.1 Å². The number of carbonyl (C=O) groups excluding carboxylic acids is 2. The number of carbonyl (C=O) groups is 2. The van der Waals surface area contributed by atoms with Crippen LogP contribution in [0.3, 0.4) is 0 Å². The Morgan fingerprint density at radius 1 is 1.18 bits per heavy atom. The van der Waals surface area contributed by atoms with Crippen molar-refractivity contribution in [1.82, 2.24) is 4.90 Å². The van der Waals surface area contributed by atoms with Crippen molar-refractivity contribution in [3.05, 3.63) is 51.0 Å². The first-order valence-corrected chi connectivity index (χ1v) is 7.80. The first-order chi connectivity index (χ1) is 10.5. The lowest BCUT2D eigenvalue weighted by atomic mass is 10.2. The molecule has 0 saturated carbocycles. The second kappa shape index (κ2) is 5.83. The van der Waals surface area contributed by atoms with Crippen LogP contribution in [0.25, 0.3) is 17.4 Å². The molecule has 1 aromatic carbocycles. The van der Waals surface area contributed by atoms with E-state index >= 15 is 0 Å². The van der Waals surface area contributed by atoms with E-state index in [0.29, 0.717) is 32.0 Å². The molecule has 0 atom stereocenters. The predicted molar refractivity (Wildman–Crippen MR) is 87.9 cm³/mol. The lowest BCUT2D eigenvalue weighted by Crippen LogP contribution is -2.22. The minimum atomic E-state index is -0.339. The highest BCUT2D eigenvalue weighted by Gasteiger charge is 2.32. The summed E-state index contributed by atoms with van der Waals surface area (Å²) in [7, 11) is 1.44. The summed E-state index contributed by atoms with van der Waals surface area (Å²) in [6, 6.07) is 8.51. The van der Waals surface area contributed by atoms with Crippen molar-refractivity contribution in [3.8, 4) is 11.3 Å². The SMILES string of the molecule is CN1C(=O)S/C(=C\c2ccc(-c3cc(Cl)ccc3Cl)o2)C1=O. The lowest BCUT2D eigenvalue weighted by Gasteiger charge is -2.01. The molecule has 0 aliphatic carbocycles. The van der Waals surface area contributed by atoms with Crippen LogP contribution in [0.4, 0.5) is 4.79 Å². The highest BCUT2D eigenvalue weighted by molar-refractivity contribution is 8.18. The van der Waals surface area contributed by atoms with Crippen molar-refractivity contribution >= 4 is 52.2 Å². The number of likely N-dealkylation sites (N-methyl/N-ethyl adjacent to an activating group) is 1. The second-order valence-corrected chi connectivity index (χ2v) is 6.40. The molecule has 3 rings (SSSR count). The van der Waals surface area contributed by atoms with Crippen molar-refractivity contribution in [2.24, 2.45) is 0 Å². The first-order valence-electron chi connectivity index (χ1n) is 6.22. The van der Waals surface area contributed by atoms with Gasteiger partial charge in [0.25, 0.3) is 11.1 Å². The summed E-state index contributed by atoms with van der Waals surface area (Å²) in [5.74, 6) is 0.660. The summed E-state index contributed by atoms with van der Waals surface area (Å²) >= 11 is 13.0. The van der Waals surface area contributed by atoms with Gasteiger partial charge in [-0.1, -0.05) is 23.2 Å². The van der Waals surface area contributed by atoms with E-state index in [9.17, 15) is 9.59 Å². The quantitative estimate of drug-likeness (QED) is 0.719. The molecule has 1 aromatic heterocycles. The van der Waals surface area contributed by atoms with Gasteiger partial charge in [0, 0.05) is 23.7 Å². The van der Waals surface area contributed by atoms with Crippen molar-refractivity contribution < 1.29 is 14.0 Å². The number of rotatable bonds is 2. The Morgan fingerprint density at radius 2 is 1.95 bits per heavy atom. The maximum atomic E-state index is 11.8. The average molecular weight is 354 g/mol. The number of benzene rings is 1. The summed E-state index contributed by atoms with van der Waals surface area (Å²) in [4.78, 5) is 24.7. The smallest absolute Gasteiger partial charge is 0.293 e. The number of hydrogen-bond donors (Lipinski definition) is 0. The Kier molecular flexibility index (Phi) is 4.04. The van der Waals surface area contributed by atoms with Crippen molar-refractivity contribution in [1.29, 1.82) is 0 Å². The molecule has 0 N–H and O–H groups in total. The Morgan fingerprint density at radius 3 is 2.64 bits per heavy atom. The molecular weight excluding hydrogens is 345 g/mol. The Bertz CT molecular complexity index is 813. The average Bonchev–Trinajstić information content (AvgIpc) is 3.03. The van der Waals surface area contributed by atoms with E-state index in [2.05, 4.69) is 0 Å². The number of furan rings is 1. The molecule has 0 unspecified atom stereocenters. The van der Waals surface area contributed by atoms with Crippen LogP contribution in [0.2, 0.25) is 10.0 Å². The van der Waals surface area contributed by atoms with E-state index in [1.54, 1.807) is 30.3 Å². The Hall–Kier alpha value is -1.69. The molecule has 22 heavy (non-hydrogen) atoms. The zero-order valence-corrected chi connectivity index (χ0v) is 13.6. The van der Waals surface area contributed by atoms with Crippen LogP contribution in [0.1, 0.15) is 5.76 Å². The predicted octanol–water partition coefficient (Wildman–Crippen LogP) is 4.92. The third-order valence-electron chi connectivity index (χ3n) is 3.08. The van der Waals surface area contributed by atoms with Gasteiger partial charge < -0.3 is 4.42 Å². The van der Waals surface area contributed by atoms with Gasteiger partial charge in [-0.2, -0.15) is 0 Å². The second-order valence-electron chi connectivity index (χ2n) is 4.57. The number of nitrogens with zero attached hydrogens (tertiary/aromatic N) is 1. The maximum absolute atomic E-state index is 11.8. The molecule has 1 aliphatic heterocycles. The van der Waals surface area contributed by atoms with Crippen molar-refractivity contribution in [3.63, 3.8) is 0 Å². The molecule has 2 aromatic rings. The molecule has 1 saturated heterocycles. The summed E-state index contributed by atoms with van der Waals surface area (Å²) in [5.41, 5.74) is 0.664. The number of amides is 2. The largest absolute Gasteiger partial charge is 0.457 e. The molecule has 7 heteroatoms. The van der Waals surface area contributed by atoms with Crippen molar-refractivity contribution in [2.45, 2.75) is 0 Å². The molecule has 2 heterocycles. The van der Waals surface area contributed by atoms with E-state index in [4.69, 9.17) is 27.6 Å². The van der Waals surface area contributed by atoms with Gasteiger partial charge in [-0.05, 0) is 42.1 Å². The highest BCUT2D eigenvalue weighted by atomic mass is 35.5. The number of imide groups is 1. The Labute approximate surface area is 140 Å². The summed E-state index contributed by atoms with van der Waals surface area (Å²) in [6.45, 7) is 0. The fourth-order valence-electron chi connectivity index (χ4n) is 1.94. The monoisotopic (exact) mass is 353 g/mol. The van der Waals surface area contributed by atoms with Crippen LogP contribution >= 0.6 is 35.0 Å². The standard InChI is InChI=1S/C15H9Cl2NO3S/c1-18-14(19)13(22-15(18)20)7-9-3-5-12(21-9)10-6-8(16)2-4-11(10)17/h2-7H,1H3/b13-7-. The third-order valence-corrected chi connectivity index (χ3v) is 4.61. The van der Waals surface area contributed by atoms with Gasteiger partial charge in [0.1, 0.15) is 11.5 Å². The topological polar surface area (TPSA) is 50.5 Å². The van der Waals surface area contributed by atoms with E-state index in [0.717, 1.165) is 16.7 Å². The third kappa shape index (κ3) is 2.79. The van der Waals surface area contributed by atoms with E-state index < -0.39 is 0 Å². The zero-order valence-electron chi connectivity index (χ0n) is 11.3. The van der Waals surface area contributed by atoms with Crippen LogP contribution in [-0.2, 0) is 4.79 Å². The highest BCUT2D eigenvalue weighted by Crippen LogP contribution is 2.34. The van der Waals surface area contributed by atoms with Gasteiger partial charge >= 0.3 is 0 Å². The number of hydrogen-bond acceptors (Lipinski definition) is 4. The minimum Gasteiger partial charge on any atom is -0.457 e. The first kappa shape index (κ1) is 15.2. The number of thioether (sulfide) groups is 1. The van der Waals surface area contributed by atoms with Crippen molar-refractivity contribution in [2.75, 3.05) is 7.05 Å². The minimum absolute atomic E-state index is 0.305. The zero-order chi connectivity index (χ0) is 15.9. The normalized spacial score (nSPS) is 16.9. The number of halogens is 2. The van der Waals surface area contributed by atoms with Gasteiger partial charge in [0.05, 0.1) is 9.93 Å². The van der Waals surface area contributed by atoms with E-state index in [1.165, 1.54) is 13.1 Å². The fourth-order valence-corrected chi connectivity index (χ4v) is 3.13. The lowest BCUT2D eigenvalue weighted by molar-refractivity contribution is -0.121. The molecule has 0 bridgehead atoms. The molecule has 1 aliphatic rings. The van der Waals surface area contributed by atoms with Crippen LogP contribution in [0.5, 0.6) is 0 Å². The maximum Gasteiger partial charge on any atom is 0.293 e.